The second-order valence-electron chi connectivity index (χ2n) is 2.40. The van der Waals surface area contributed by atoms with Crippen LogP contribution >= 0.6 is 0 Å². The predicted molar refractivity (Wildman–Crippen MR) is 45.3 cm³/mol. The molecule has 1 aromatic carbocycles. The van der Waals surface area contributed by atoms with Gasteiger partial charge in [-0.2, -0.15) is 0 Å². The van der Waals surface area contributed by atoms with Gasteiger partial charge in [0.15, 0.2) is 0 Å². The van der Waals surface area contributed by atoms with Gasteiger partial charge >= 0.3 is 0 Å². The smallest absolute Gasteiger partial charge is 0.131 e. The van der Waals surface area contributed by atoms with Crippen LogP contribution < -0.4 is 11.3 Å². The molecule has 0 aliphatic heterocycles. The van der Waals surface area contributed by atoms with E-state index < -0.39 is 17.7 Å². The number of benzene rings is 1. The van der Waals surface area contributed by atoms with Crippen LogP contribution in [-0.2, 0) is 0 Å². The van der Waals surface area contributed by atoms with Crippen LogP contribution in [0.5, 0.6) is 0 Å². The topological polar surface area (TPSA) is 38.0 Å². The second kappa shape index (κ2) is 3.99. The third kappa shape index (κ3) is 1.83. The molecule has 1 aromatic rings. The Morgan fingerprint density at radius 1 is 1.38 bits per heavy atom. The van der Waals surface area contributed by atoms with E-state index in [9.17, 15) is 8.78 Å². The molecular weight excluding hydrogens is 174 g/mol. The number of nitrogens with one attached hydrogen (secondary N) is 1. The summed E-state index contributed by atoms with van der Waals surface area (Å²) in [7, 11) is 0. The van der Waals surface area contributed by atoms with Crippen molar-refractivity contribution >= 4 is 0 Å². The first-order valence-corrected chi connectivity index (χ1v) is 3.57. The highest BCUT2D eigenvalue weighted by Gasteiger charge is 2.15. The van der Waals surface area contributed by atoms with Gasteiger partial charge in [0, 0.05) is 0 Å². The molecular formula is C9H8F2N2. The minimum absolute atomic E-state index is 0.229. The van der Waals surface area contributed by atoms with Gasteiger partial charge in [-0.05, 0) is 12.1 Å². The fourth-order valence-corrected chi connectivity index (χ4v) is 1.00. The largest absolute Gasteiger partial charge is 0.270 e. The molecule has 0 spiro atoms. The fourth-order valence-electron chi connectivity index (χ4n) is 1.00. The van der Waals surface area contributed by atoms with Gasteiger partial charge in [-0.3, -0.25) is 5.84 Å². The molecule has 3 N–H and O–H groups in total. The predicted octanol–water partition coefficient (Wildman–Crippen LogP) is 1.10. The van der Waals surface area contributed by atoms with Gasteiger partial charge in [-0.1, -0.05) is 12.0 Å². The molecule has 4 heteroatoms. The maximum atomic E-state index is 13.0. The van der Waals surface area contributed by atoms with E-state index >= 15 is 0 Å². The number of halogens is 2. The molecule has 1 rings (SSSR count). The molecule has 0 aliphatic carbocycles. The Balaban J connectivity index is 3.20. The van der Waals surface area contributed by atoms with Crippen molar-refractivity contribution in [3.63, 3.8) is 0 Å². The molecule has 68 valence electrons. The summed E-state index contributed by atoms with van der Waals surface area (Å²) < 4.78 is 26.1. The summed E-state index contributed by atoms with van der Waals surface area (Å²) in [5, 5.41) is 0. The number of hydrogen-bond donors (Lipinski definition) is 2. The van der Waals surface area contributed by atoms with E-state index in [0.717, 1.165) is 12.1 Å². The van der Waals surface area contributed by atoms with Gasteiger partial charge in [0.2, 0.25) is 0 Å². The van der Waals surface area contributed by atoms with Gasteiger partial charge < -0.3 is 0 Å². The summed E-state index contributed by atoms with van der Waals surface area (Å²) in [5.41, 5.74) is 1.90. The number of rotatable bonds is 2. The van der Waals surface area contributed by atoms with Crippen molar-refractivity contribution in [2.75, 3.05) is 0 Å². The van der Waals surface area contributed by atoms with Crippen LogP contribution in [0.15, 0.2) is 18.2 Å². The maximum Gasteiger partial charge on any atom is 0.131 e. The first kappa shape index (κ1) is 9.65. The van der Waals surface area contributed by atoms with Crippen LogP contribution in [0.4, 0.5) is 8.78 Å². The van der Waals surface area contributed by atoms with Crippen molar-refractivity contribution in [1.82, 2.24) is 5.43 Å². The summed E-state index contributed by atoms with van der Waals surface area (Å²) in [6, 6.07) is 2.57. The molecule has 0 amide bonds. The minimum Gasteiger partial charge on any atom is -0.270 e. The lowest BCUT2D eigenvalue weighted by molar-refractivity contribution is 0.522. The second-order valence-corrected chi connectivity index (χ2v) is 2.40. The summed E-state index contributed by atoms with van der Waals surface area (Å²) in [6.07, 6.45) is 5.03. The average Bonchev–Trinajstić information content (AvgIpc) is 2.11. The minimum atomic E-state index is -0.943. The van der Waals surface area contributed by atoms with E-state index in [-0.39, 0.29) is 5.56 Å². The summed E-state index contributed by atoms with van der Waals surface area (Å²) in [4.78, 5) is 0. The summed E-state index contributed by atoms with van der Waals surface area (Å²) in [6.45, 7) is 0. The van der Waals surface area contributed by atoms with Crippen LogP contribution in [0, 0.1) is 24.0 Å². The van der Waals surface area contributed by atoms with Crippen molar-refractivity contribution in [3.05, 3.63) is 35.4 Å². The number of terminal acetylenes is 1. The Kier molecular flexibility index (Phi) is 2.96. The lowest BCUT2D eigenvalue weighted by atomic mass is 10.1. The molecule has 2 nitrogen and oxygen atoms in total. The number of hydrazine groups is 1. The zero-order valence-corrected chi connectivity index (χ0v) is 6.72. The van der Waals surface area contributed by atoms with Crippen molar-refractivity contribution in [2.45, 2.75) is 6.04 Å². The summed E-state index contributed by atoms with van der Waals surface area (Å²) in [5.74, 6) is 5.75. The molecule has 1 atom stereocenters. The molecule has 0 fully saturated rings. The zero-order chi connectivity index (χ0) is 9.84. The first-order valence-electron chi connectivity index (χ1n) is 3.57. The zero-order valence-electron chi connectivity index (χ0n) is 6.72. The Labute approximate surface area is 74.7 Å². The SMILES string of the molecule is C#CC(NN)c1c(F)cccc1F. The third-order valence-electron chi connectivity index (χ3n) is 1.62. The molecule has 0 aromatic heterocycles. The Morgan fingerprint density at radius 2 is 1.92 bits per heavy atom. The van der Waals surface area contributed by atoms with Crippen LogP contribution in [0.3, 0.4) is 0 Å². The van der Waals surface area contributed by atoms with Crippen LogP contribution in [0.2, 0.25) is 0 Å². The lowest BCUT2D eigenvalue weighted by Crippen LogP contribution is -2.28. The molecule has 0 aliphatic rings. The Morgan fingerprint density at radius 3 is 2.31 bits per heavy atom. The van der Waals surface area contributed by atoms with Crippen LogP contribution in [0.25, 0.3) is 0 Å². The highest BCUT2D eigenvalue weighted by atomic mass is 19.1. The van der Waals surface area contributed by atoms with E-state index in [1.54, 1.807) is 0 Å². The number of nitrogens with two attached hydrogens (primary N) is 1. The third-order valence-corrected chi connectivity index (χ3v) is 1.62. The molecule has 0 heterocycles. The van der Waals surface area contributed by atoms with Gasteiger partial charge in [0.05, 0.1) is 5.56 Å². The van der Waals surface area contributed by atoms with E-state index in [1.165, 1.54) is 6.07 Å². The number of hydrogen-bond acceptors (Lipinski definition) is 2. The van der Waals surface area contributed by atoms with E-state index in [4.69, 9.17) is 12.3 Å². The highest BCUT2D eigenvalue weighted by molar-refractivity contribution is 5.28. The maximum absolute atomic E-state index is 13.0. The van der Waals surface area contributed by atoms with Gasteiger partial charge in [-0.25, -0.2) is 14.2 Å². The molecule has 0 radical (unpaired) electrons. The van der Waals surface area contributed by atoms with Gasteiger partial charge in [0.1, 0.15) is 17.7 Å². The monoisotopic (exact) mass is 182 g/mol. The standard InChI is InChI=1S/C9H8F2N2/c1-2-8(13-12)9-6(10)4-3-5-7(9)11/h1,3-5,8,13H,12H2. The van der Waals surface area contributed by atoms with Crippen molar-refractivity contribution < 1.29 is 8.78 Å². The Bertz CT molecular complexity index is 324. The normalized spacial score (nSPS) is 12.2. The molecule has 1 unspecified atom stereocenters. The summed E-state index contributed by atoms with van der Waals surface area (Å²) >= 11 is 0. The fraction of sp³-hybridized carbons (Fsp3) is 0.111. The Hall–Kier alpha value is -1.44. The quantitative estimate of drug-likeness (QED) is 0.408. The molecule has 0 bridgehead atoms. The van der Waals surface area contributed by atoms with E-state index in [1.807, 2.05) is 0 Å². The van der Waals surface area contributed by atoms with E-state index in [0.29, 0.717) is 0 Å². The van der Waals surface area contributed by atoms with Crippen LogP contribution in [-0.4, -0.2) is 0 Å². The van der Waals surface area contributed by atoms with Crippen LogP contribution in [0.1, 0.15) is 11.6 Å². The molecule has 13 heavy (non-hydrogen) atoms. The molecule has 0 saturated carbocycles. The lowest BCUT2D eigenvalue weighted by Gasteiger charge is -2.10. The molecule has 0 saturated heterocycles. The first-order chi connectivity index (χ1) is 6.20. The van der Waals surface area contributed by atoms with Crippen molar-refractivity contribution in [3.8, 4) is 12.3 Å². The van der Waals surface area contributed by atoms with Gasteiger partial charge in [0.25, 0.3) is 0 Å². The highest BCUT2D eigenvalue weighted by Crippen LogP contribution is 2.18. The van der Waals surface area contributed by atoms with Gasteiger partial charge in [-0.15, -0.1) is 6.42 Å². The average molecular weight is 182 g/mol. The van der Waals surface area contributed by atoms with Crippen molar-refractivity contribution in [1.29, 1.82) is 0 Å². The van der Waals surface area contributed by atoms with Crippen molar-refractivity contribution in [2.24, 2.45) is 5.84 Å². The van der Waals surface area contributed by atoms with E-state index in [2.05, 4.69) is 11.3 Å².